The first-order chi connectivity index (χ1) is 16.5. The van der Waals surface area contributed by atoms with Crippen LogP contribution in [-0.2, 0) is 4.79 Å². The fourth-order valence-electron chi connectivity index (χ4n) is 5.68. The number of halogens is 1. The Balaban J connectivity index is 1.23. The minimum atomic E-state index is -0.307. The summed E-state index contributed by atoms with van der Waals surface area (Å²) in [5, 5.41) is 3.34. The van der Waals surface area contributed by atoms with Gasteiger partial charge in [-0.2, -0.15) is 0 Å². The first-order valence-electron chi connectivity index (χ1n) is 12.8. The number of hydrogen-bond acceptors (Lipinski definition) is 4. The van der Waals surface area contributed by atoms with Crippen LogP contribution in [0.25, 0.3) is 0 Å². The molecule has 1 N–H and O–H groups in total. The molecule has 4 nitrogen and oxygen atoms in total. The van der Waals surface area contributed by atoms with Gasteiger partial charge in [0.25, 0.3) is 0 Å². The van der Waals surface area contributed by atoms with Crippen LogP contribution in [0.5, 0.6) is 11.5 Å². The van der Waals surface area contributed by atoms with E-state index in [4.69, 9.17) is 9.47 Å². The predicted molar refractivity (Wildman–Crippen MR) is 133 cm³/mol. The van der Waals surface area contributed by atoms with Gasteiger partial charge in [0.1, 0.15) is 12.4 Å². The highest BCUT2D eigenvalue weighted by Crippen LogP contribution is 2.43. The highest BCUT2D eigenvalue weighted by atomic mass is 19.1. The van der Waals surface area contributed by atoms with Crippen LogP contribution in [0.2, 0.25) is 0 Å². The summed E-state index contributed by atoms with van der Waals surface area (Å²) in [5.74, 6) is 3.09. The quantitative estimate of drug-likeness (QED) is 0.449. The number of rotatable bonds is 10. The molecule has 1 aliphatic carbocycles. The molecule has 0 amide bonds. The van der Waals surface area contributed by atoms with Gasteiger partial charge in [0.2, 0.25) is 0 Å². The van der Waals surface area contributed by atoms with Crippen molar-refractivity contribution in [1.29, 1.82) is 0 Å². The summed E-state index contributed by atoms with van der Waals surface area (Å²) in [7, 11) is 1.51. The zero-order valence-corrected chi connectivity index (χ0v) is 20.5. The Bertz CT molecular complexity index is 939. The molecule has 2 aromatic carbocycles. The molecule has 0 radical (unpaired) electrons. The van der Waals surface area contributed by atoms with Crippen LogP contribution in [0.4, 0.5) is 4.39 Å². The van der Waals surface area contributed by atoms with Gasteiger partial charge >= 0.3 is 0 Å². The Hall–Kier alpha value is -2.40. The molecule has 1 aliphatic heterocycles. The molecule has 184 valence electrons. The Kier molecular flexibility index (Phi) is 8.60. The number of ether oxygens (including phenoxy) is 2. The van der Waals surface area contributed by atoms with Crippen LogP contribution in [-0.4, -0.2) is 32.6 Å². The van der Waals surface area contributed by atoms with E-state index in [9.17, 15) is 9.18 Å². The van der Waals surface area contributed by atoms with Crippen molar-refractivity contribution < 1.29 is 18.7 Å². The molecule has 1 saturated carbocycles. The SMILES string of the molecule is COc1cc([C@@H](C)C[C@H]2CC[C@@H](c3ccc(OCC(=O)CC4CCNCC4)cc3)C2)ccc1F. The van der Waals surface area contributed by atoms with Crippen LogP contribution in [0.15, 0.2) is 42.5 Å². The van der Waals surface area contributed by atoms with E-state index in [-0.39, 0.29) is 18.2 Å². The van der Waals surface area contributed by atoms with Crippen molar-refractivity contribution in [2.75, 3.05) is 26.8 Å². The molecule has 0 unspecified atom stereocenters. The summed E-state index contributed by atoms with van der Waals surface area (Å²) in [5.41, 5.74) is 2.49. The first kappa shape index (κ1) is 24.7. The van der Waals surface area contributed by atoms with Gasteiger partial charge in [-0.25, -0.2) is 4.39 Å². The third-order valence-electron chi connectivity index (χ3n) is 7.70. The second-order valence-electron chi connectivity index (χ2n) is 10.2. The first-order valence-corrected chi connectivity index (χ1v) is 12.8. The summed E-state index contributed by atoms with van der Waals surface area (Å²) in [4.78, 5) is 12.3. The lowest BCUT2D eigenvalue weighted by Gasteiger charge is -2.21. The summed E-state index contributed by atoms with van der Waals surface area (Å²) < 4.78 is 24.7. The van der Waals surface area contributed by atoms with E-state index in [1.54, 1.807) is 0 Å². The van der Waals surface area contributed by atoms with Gasteiger partial charge in [-0.1, -0.05) is 25.1 Å². The number of Topliss-reactive ketones (excluding diaryl/α,β-unsaturated/α-hetero) is 1. The van der Waals surface area contributed by atoms with Crippen LogP contribution in [0.3, 0.4) is 0 Å². The lowest BCUT2D eigenvalue weighted by molar-refractivity contribution is -0.122. The summed E-state index contributed by atoms with van der Waals surface area (Å²) in [6.07, 6.45) is 7.49. The Labute approximate surface area is 203 Å². The molecule has 34 heavy (non-hydrogen) atoms. The number of benzene rings is 2. The molecule has 2 aliphatic rings. The fourth-order valence-corrected chi connectivity index (χ4v) is 5.68. The molecule has 2 aromatic rings. The maximum absolute atomic E-state index is 13.7. The molecule has 0 aromatic heterocycles. The largest absolute Gasteiger partial charge is 0.494 e. The van der Waals surface area contributed by atoms with Crippen LogP contribution in [0, 0.1) is 17.7 Å². The Morgan fingerprint density at radius 3 is 2.56 bits per heavy atom. The lowest BCUT2D eigenvalue weighted by atomic mass is 9.88. The molecule has 1 heterocycles. The zero-order valence-electron chi connectivity index (χ0n) is 20.5. The van der Waals surface area contributed by atoms with Gasteiger partial charge in [0.15, 0.2) is 17.3 Å². The standard InChI is InChI=1S/C29H38FNO3/c1-20(24-7-10-28(30)29(18-24)33-2)15-22-3-4-25(16-22)23-5-8-27(9-6-23)34-19-26(32)17-21-11-13-31-14-12-21/h5-10,18,20-22,25,31H,3-4,11-17,19H2,1-2H3/t20-,22+,25+/m0/s1. The Morgan fingerprint density at radius 1 is 1.06 bits per heavy atom. The van der Waals surface area contributed by atoms with E-state index >= 15 is 0 Å². The molecule has 0 bridgehead atoms. The average molecular weight is 468 g/mol. The second kappa shape index (κ2) is 11.8. The van der Waals surface area contributed by atoms with Crippen molar-refractivity contribution in [1.82, 2.24) is 5.32 Å². The highest BCUT2D eigenvalue weighted by Gasteiger charge is 2.27. The monoisotopic (exact) mass is 467 g/mol. The second-order valence-corrected chi connectivity index (χ2v) is 10.2. The van der Waals surface area contributed by atoms with Crippen molar-refractivity contribution in [2.24, 2.45) is 11.8 Å². The number of carbonyl (C=O) groups excluding carboxylic acids is 1. The number of methoxy groups -OCH3 is 1. The number of ketones is 1. The number of nitrogens with one attached hydrogen (secondary N) is 1. The van der Waals surface area contributed by atoms with E-state index in [1.807, 2.05) is 24.3 Å². The van der Waals surface area contributed by atoms with Crippen molar-refractivity contribution in [3.8, 4) is 11.5 Å². The van der Waals surface area contributed by atoms with Crippen LogP contribution < -0.4 is 14.8 Å². The average Bonchev–Trinajstić information content (AvgIpc) is 3.32. The summed E-state index contributed by atoms with van der Waals surface area (Å²) in [6.45, 7) is 4.42. The van der Waals surface area contributed by atoms with E-state index in [1.165, 1.54) is 38.0 Å². The summed E-state index contributed by atoms with van der Waals surface area (Å²) >= 11 is 0. The van der Waals surface area contributed by atoms with Crippen LogP contribution >= 0.6 is 0 Å². The minimum Gasteiger partial charge on any atom is -0.494 e. The predicted octanol–water partition coefficient (Wildman–Crippen LogP) is 6.25. The molecule has 5 heteroatoms. The van der Waals surface area contributed by atoms with Crippen molar-refractivity contribution in [2.45, 2.75) is 63.7 Å². The van der Waals surface area contributed by atoms with Gasteiger partial charge in [-0.05, 0) is 111 Å². The maximum Gasteiger partial charge on any atom is 0.170 e. The lowest BCUT2D eigenvalue weighted by Crippen LogP contribution is -2.29. The molecule has 1 saturated heterocycles. The normalized spacial score (nSPS) is 21.9. The van der Waals surface area contributed by atoms with E-state index in [0.29, 0.717) is 35.8 Å². The van der Waals surface area contributed by atoms with Crippen LogP contribution in [0.1, 0.15) is 74.8 Å². The number of hydrogen-bond donors (Lipinski definition) is 1. The molecule has 3 atom stereocenters. The van der Waals surface area contributed by atoms with E-state index < -0.39 is 0 Å². The van der Waals surface area contributed by atoms with Gasteiger partial charge in [-0.3, -0.25) is 4.79 Å². The smallest absolute Gasteiger partial charge is 0.170 e. The van der Waals surface area contributed by atoms with E-state index in [2.05, 4.69) is 24.4 Å². The topological polar surface area (TPSA) is 47.6 Å². The van der Waals surface area contributed by atoms with Gasteiger partial charge in [0, 0.05) is 6.42 Å². The van der Waals surface area contributed by atoms with Crippen molar-refractivity contribution in [3.05, 3.63) is 59.4 Å². The van der Waals surface area contributed by atoms with Gasteiger partial charge < -0.3 is 14.8 Å². The highest BCUT2D eigenvalue weighted by molar-refractivity contribution is 5.80. The molecular weight excluding hydrogens is 429 g/mol. The summed E-state index contributed by atoms with van der Waals surface area (Å²) in [6, 6.07) is 13.6. The molecule has 2 fully saturated rings. The molecular formula is C29H38FNO3. The molecule has 4 rings (SSSR count). The minimum absolute atomic E-state index is 0.167. The van der Waals surface area contributed by atoms with E-state index in [0.717, 1.165) is 43.7 Å². The fraction of sp³-hybridized carbons (Fsp3) is 0.552. The van der Waals surface area contributed by atoms with Gasteiger partial charge in [-0.15, -0.1) is 0 Å². The third kappa shape index (κ3) is 6.59. The maximum atomic E-state index is 13.7. The molecule has 0 spiro atoms. The third-order valence-corrected chi connectivity index (χ3v) is 7.70. The van der Waals surface area contributed by atoms with Crippen molar-refractivity contribution in [3.63, 3.8) is 0 Å². The zero-order chi connectivity index (χ0) is 23.9. The van der Waals surface area contributed by atoms with Crippen molar-refractivity contribution >= 4 is 5.78 Å². The number of piperidine rings is 1. The Morgan fingerprint density at radius 2 is 1.82 bits per heavy atom. The number of carbonyl (C=O) groups is 1. The van der Waals surface area contributed by atoms with Gasteiger partial charge in [0.05, 0.1) is 7.11 Å².